The minimum atomic E-state index is -1.40. The molecule has 0 spiro atoms. The normalized spacial score (nSPS) is 13.9. The molecule has 4 nitrogen and oxygen atoms in total. The van der Waals surface area contributed by atoms with Gasteiger partial charge in [0.25, 0.3) is 0 Å². The van der Waals surface area contributed by atoms with Crippen molar-refractivity contribution in [2.45, 2.75) is 27.2 Å². The molecule has 0 amide bonds. The maximum absolute atomic E-state index is 11.4. The van der Waals surface area contributed by atoms with Gasteiger partial charge in [0.1, 0.15) is 11.2 Å². The number of carbonyl (C=O) groups excluding carboxylic acids is 3. The molecule has 15 heavy (non-hydrogen) atoms. The fraction of sp³-hybridized carbons (Fsp3) is 0.545. The lowest BCUT2D eigenvalue weighted by atomic mass is 9.80. The Morgan fingerprint density at radius 3 is 2.00 bits per heavy atom. The minimum Gasteiger partial charge on any atom is -0.468 e. The zero-order chi connectivity index (χ0) is 12.2. The van der Waals surface area contributed by atoms with Gasteiger partial charge in [-0.15, -0.1) is 0 Å². The third kappa shape index (κ3) is 3.01. The van der Waals surface area contributed by atoms with Crippen LogP contribution in [-0.4, -0.2) is 24.6 Å². The first-order valence-electron chi connectivity index (χ1n) is 4.54. The second kappa shape index (κ2) is 4.87. The second-order valence-electron chi connectivity index (χ2n) is 3.76. The van der Waals surface area contributed by atoms with Crippen molar-refractivity contribution < 1.29 is 19.1 Å². The predicted molar refractivity (Wildman–Crippen MR) is 55.2 cm³/mol. The highest BCUT2D eigenvalue weighted by molar-refractivity contribution is 6.08. The number of methoxy groups -OCH3 is 1. The Morgan fingerprint density at radius 1 is 1.27 bits per heavy atom. The maximum Gasteiger partial charge on any atom is 0.319 e. The van der Waals surface area contributed by atoms with Gasteiger partial charge in [0.2, 0.25) is 0 Å². The zero-order valence-corrected chi connectivity index (χ0v) is 9.55. The van der Waals surface area contributed by atoms with E-state index in [9.17, 15) is 14.4 Å². The van der Waals surface area contributed by atoms with Gasteiger partial charge in [-0.05, 0) is 26.3 Å². The Morgan fingerprint density at radius 2 is 1.73 bits per heavy atom. The van der Waals surface area contributed by atoms with Crippen LogP contribution in [0.2, 0.25) is 0 Å². The number of carbonyl (C=O) groups is 3. The van der Waals surface area contributed by atoms with E-state index >= 15 is 0 Å². The molecular formula is C11H16O4. The summed E-state index contributed by atoms with van der Waals surface area (Å²) in [4.78, 5) is 34.2. The summed E-state index contributed by atoms with van der Waals surface area (Å²) in [5, 5.41) is 0. The van der Waals surface area contributed by atoms with E-state index in [0.29, 0.717) is 5.57 Å². The average Bonchev–Trinajstić information content (AvgIpc) is 2.15. The zero-order valence-electron chi connectivity index (χ0n) is 9.55. The van der Waals surface area contributed by atoms with E-state index in [1.807, 2.05) is 0 Å². The van der Waals surface area contributed by atoms with Gasteiger partial charge in [0.05, 0.1) is 7.11 Å². The largest absolute Gasteiger partial charge is 0.468 e. The van der Waals surface area contributed by atoms with Crippen molar-refractivity contribution in [1.82, 2.24) is 0 Å². The van der Waals surface area contributed by atoms with Crippen LogP contribution in [0.15, 0.2) is 12.2 Å². The summed E-state index contributed by atoms with van der Waals surface area (Å²) >= 11 is 0. The van der Waals surface area contributed by atoms with Crippen LogP contribution in [0, 0.1) is 5.41 Å². The summed E-state index contributed by atoms with van der Waals surface area (Å²) < 4.78 is 4.52. The standard InChI is InChI=1S/C11H16O4/c1-7(2)9(13)6-11(4,8(3)12)10(14)15-5/h1,6H2,2-5H3. The van der Waals surface area contributed by atoms with E-state index in [0.717, 1.165) is 0 Å². The fourth-order valence-electron chi connectivity index (χ4n) is 1.04. The van der Waals surface area contributed by atoms with Crippen LogP contribution in [0.5, 0.6) is 0 Å². The molecular weight excluding hydrogens is 196 g/mol. The molecule has 4 heteroatoms. The molecule has 0 aromatic heterocycles. The summed E-state index contributed by atoms with van der Waals surface area (Å²) in [6.45, 7) is 7.68. The van der Waals surface area contributed by atoms with Crippen molar-refractivity contribution in [3.05, 3.63) is 12.2 Å². The van der Waals surface area contributed by atoms with Crippen LogP contribution in [0.3, 0.4) is 0 Å². The van der Waals surface area contributed by atoms with E-state index in [4.69, 9.17) is 0 Å². The molecule has 0 fully saturated rings. The predicted octanol–water partition coefficient (Wildman–Crippen LogP) is 1.29. The Balaban J connectivity index is 4.98. The van der Waals surface area contributed by atoms with E-state index < -0.39 is 11.4 Å². The van der Waals surface area contributed by atoms with Gasteiger partial charge in [0.15, 0.2) is 5.78 Å². The highest BCUT2D eigenvalue weighted by Gasteiger charge is 2.41. The van der Waals surface area contributed by atoms with Crippen molar-refractivity contribution in [1.29, 1.82) is 0 Å². The number of ketones is 2. The van der Waals surface area contributed by atoms with Crippen LogP contribution < -0.4 is 0 Å². The van der Waals surface area contributed by atoms with Crippen LogP contribution in [-0.2, 0) is 19.1 Å². The van der Waals surface area contributed by atoms with E-state index in [-0.39, 0.29) is 18.0 Å². The van der Waals surface area contributed by atoms with Crippen LogP contribution in [0.1, 0.15) is 27.2 Å². The molecule has 0 heterocycles. The summed E-state index contributed by atoms with van der Waals surface area (Å²) in [6.07, 6.45) is -0.190. The molecule has 0 aliphatic heterocycles. The van der Waals surface area contributed by atoms with Crippen LogP contribution in [0.25, 0.3) is 0 Å². The molecule has 0 saturated carbocycles. The van der Waals surface area contributed by atoms with Gasteiger partial charge in [-0.1, -0.05) is 6.58 Å². The molecule has 1 atom stereocenters. The molecule has 0 rings (SSSR count). The summed E-state index contributed by atoms with van der Waals surface area (Å²) in [6, 6.07) is 0. The number of Topliss-reactive ketones (excluding diaryl/α,β-unsaturated/α-hetero) is 2. The summed E-state index contributed by atoms with van der Waals surface area (Å²) in [5.74, 6) is -1.38. The fourth-order valence-corrected chi connectivity index (χ4v) is 1.04. The van der Waals surface area contributed by atoms with Gasteiger partial charge in [-0.3, -0.25) is 14.4 Å². The smallest absolute Gasteiger partial charge is 0.319 e. The number of ether oxygens (including phenoxy) is 1. The van der Waals surface area contributed by atoms with E-state index in [1.165, 1.54) is 21.0 Å². The topological polar surface area (TPSA) is 60.4 Å². The quantitative estimate of drug-likeness (QED) is 0.391. The molecule has 84 valence electrons. The Labute approximate surface area is 89.3 Å². The number of hydrogen-bond acceptors (Lipinski definition) is 4. The number of esters is 1. The maximum atomic E-state index is 11.4. The molecule has 0 radical (unpaired) electrons. The summed E-state index contributed by atoms with van der Waals surface area (Å²) in [7, 11) is 1.19. The second-order valence-corrected chi connectivity index (χ2v) is 3.76. The van der Waals surface area contributed by atoms with Crippen molar-refractivity contribution in [3.63, 3.8) is 0 Å². The summed E-state index contributed by atoms with van der Waals surface area (Å²) in [5.41, 5.74) is -1.07. The molecule has 0 aromatic carbocycles. The van der Waals surface area contributed by atoms with E-state index in [2.05, 4.69) is 11.3 Å². The highest BCUT2D eigenvalue weighted by Crippen LogP contribution is 2.26. The first kappa shape index (κ1) is 13.5. The van der Waals surface area contributed by atoms with Crippen molar-refractivity contribution in [2.75, 3.05) is 7.11 Å². The molecule has 0 aromatic rings. The number of hydrogen-bond donors (Lipinski definition) is 0. The Kier molecular flexibility index (Phi) is 4.40. The van der Waals surface area contributed by atoms with Crippen LogP contribution in [0.4, 0.5) is 0 Å². The minimum absolute atomic E-state index is 0.190. The monoisotopic (exact) mass is 212 g/mol. The van der Waals surface area contributed by atoms with Gasteiger partial charge in [-0.25, -0.2) is 0 Å². The molecule has 0 aliphatic carbocycles. The van der Waals surface area contributed by atoms with Crippen molar-refractivity contribution in [3.8, 4) is 0 Å². The highest BCUT2D eigenvalue weighted by atomic mass is 16.5. The lowest BCUT2D eigenvalue weighted by Crippen LogP contribution is -2.38. The number of rotatable bonds is 5. The molecule has 0 saturated heterocycles. The van der Waals surface area contributed by atoms with Gasteiger partial charge in [0, 0.05) is 6.42 Å². The Bertz CT molecular complexity index is 317. The molecule has 0 bridgehead atoms. The molecule has 1 unspecified atom stereocenters. The van der Waals surface area contributed by atoms with Gasteiger partial charge >= 0.3 is 5.97 Å². The average molecular weight is 212 g/mol. The van der Waals surface area contributed by atoms with E-state index in [1.54, 1.807) is 6.92 Å². The van der Waals surface area contributed by atoms with Crippen molar-refractivity contribution >= 4 is 17.5 Å². The third-order valence-electron chi connectivity index (χ3n) is 2.40. The van der Waals surface area contributed by atoms with Crippen molar-refractivity contribution in [2.24, 2.45) is 5.41 Å². The first-order valence-corrected chi connectivity index (χ1v) is 4.54. The SMILES string of the molecule is C=C(C)C(=O)CC(C)(C(C)=O)C(=O)OC. The molecule has 0 aliphatic rings. The van der Waals surface area contributed by atoms with Gasteiger partial charge in [-0.2, -0.15) is 0 Å². The number of allylic oxidation sites excluding steroid dienone is 1. The lowest BCUT2D eigenvalue weighted by molar-refractivity contribution is -0.158. The molecule has 0 N–H and O–H groups in total. The van der Waals surface area contributed by atoms with Gasteiger partial charge < -0.3 is 4.74 Å². The lowest BCUT2D eigenvalue weighted by Gasteiger charge is -2.22. The third-order valence-corrected chi connectivity index (χ3v) is 2.40. The first-order chi connectivity index (χ1) is 6.75. The Hall–Kier alpha value is -1.45. The van der Waals surface area contributed by atoms with Crippen LogP contribution >= 0.6 is 0 Å².